The number of imide groups is 1. The van der Waals surface area contributed by atoms with Gasteiger partial charge in [-0.2, -0.15) is 0 Å². The van der Waals surface area contributed by atoms with Gasteiger partial charge in [-0.1, -0.05) is 56.3 Å². The van der Waals surface area contributed by atoms with Gasteiger partial charge < -0.3 is 10.1 Å². The largest absolute Gasteiger partial charge is 0.493 e. The van der Waals surface area contributed by atoms with Gasteiger partial charge in [0, 0.05) is 5.69 Å². The standard InChI is InChI=1S/C27H25FN2O3/c1-18(2)17-33-23-14-8-20(9-15-23)24-25(29-22-12-10-21(28)11-13-22)27(32)30(26(24)31)16-19-6-4-3-5-7-19/h3-15,18,29H,16-17H2,1-2H3. The van der Waals surface area contributed by atoms with Gasteiger partial charge in [-0.25, -0.2) is 4.39 Å². The van der Waals surface area contributed by atoms with E-state index in [0.29, 0.717) is 29.5 Å². The Morgan fingerprint density at radius 1 is 0.879 bits per heavy atom. The summed E-state index contributed by atoms with van der Waals surface area (Å²) < 4.78 is 19.1. The Labute approximate surface area is 192 Å². The van der Waals surface area contributed by atoms with Crippen LogP contribution in [-0.4, -0.2) is 23.3 Å². The van der Waals surface area contributed by atoms with E-state index in [4.69, 9.17) is 4.74 Å². The third-order valence-corrected chi connectivity index (χ3v) is 5.19. The van der Waals surface area contributed by atoms with Crippen molar-refractivity contribution in [1.29, 1.82) is 0 Å². The van der Waals surface area contributed by atoms with Crippen molar-refractivity contribution in [3.8, 4) is 5.75 Å². The van der Waals surface area contributed by atoms with Crippen LogP contribution in [-0.2, 0) is 16.1 Å². The molecule has 0 bridgehead atoms. The quantitative estimate of drug-likeness (QED) is 0.482. The molecule has 0 unspecified atom stereocenters. The van der Waals surface area contributed by atoms with E-state index in [1.165, 1.54) is 29.2 Å². The van der Waals surface area contributed by atoms with E-state index in [2.05, 4.69) is 19.2 Å². The zero-order valence-electron chi connectivity index (χ0n) is 18.5. The summed E-state index contributed by atoms with van der Waals surface area (Å²) in [6.45, 7) is 4.88. The normalized spacial score (nSPS) is 13.8. The molecule has 0 fully saturated rings. The SMILES string of the molecule is CC(C)COc1ccc(C2=C(Nc3ccc(F)cc3)C(=O)N(Cc3ccccc3)C2=O)cc1. The van der Waals surface area contributed by atoms with Crippen molar-refractivity contribution >= 4 is 23.1 Å². The van der Waals surface area contributed by atoms with Crippen LogP contribution >= 0.6 is 0 Å². The molecule has 0 radical (unpaired) electrons. The number of hydrogen-bond acceptors (Lipinski definition) is 4. The van der Waals surface area contributed by atoms with Crippen LogP contribution in [0.3, 0.4) is 0 Å². The number of nitrogens with one attached hydrogen (secondary N) is 1. The summed E-state index contributed by atoms with van der Waals surface area (Å²) in [5, 5.41) is 3.04. The highest BCUT2D eigenvalue weighted by molar-refractivity contribution is 6.36. The third-order valence-electron chi connectivity index (χ3n) is 5.19. The Morgan fingerprint density at radius 2 is 1.55 bits per heavy atom. The molecule has 0 spiro atoms. The van der Waals surface area contributed by atoms with Gasteiger partial charge in [-0.15, -0.1) is 0 Å². The topological polar surface area (TPSA) is 58.6 Å². The molecule has 168 valence electrons. The number of carbonyl (C=O) groups excluding carboxylic acids is 2. The molecular weight excluding hydrogens is 419 g/mol. The Bertz CT molecular complexity index is 1170. The molecule has 0 saturated carbocycles. The Balaban J connectivity index is 1.67. The summed E-state index contributed by atoms with van der Waals surface area (Å²) in [6.07, 6.45) is 0. The maximum atomic E-state index is 13.4. The van der Waals surface area contributed by atoms with Gasteiger partial charge >= 0.3 is 0 Å². The maximum absolute atomic E-state index is 13.4. The van der Waals surface area contributed by atoms with Gasteiger partial charge in [0.05, 0.1) is 18.7 Å². The minimum atomic E-state index is -0.427. The van der Waals surface area contributed by atoms with E-state index in [9.17, 15) is 14.0 Å². The van der Waals surface area contributed by atoms with Crippen LogP contribution in [0.25, 0.3) is 5.57 Å². The monoisotopic (exact) mass is 444 g/mol. The van der Waals surface area contributed by atoms with Gasteiger partial charge in [0.25, 0.3) is 11.8 Å². The van der Waals surface area contributed by atoms with Crippen LogP contribution < -0.4 is 10.1 Å². The lowest BCUT2D eigenvalue weighted by Gasteiger charge is -2.15. The Kier molecular flexibility index (Phi) is 6.54. The van der Waals surface area contributed by atoms with E-state index in [1.54, 1.807) is 24.3 Å². The van der Waals surface area contributed by atoms with Crippen molar-refractivity contribution in [1.82, 2.24) is 4.90 Å². The molecule has 1 heterocycles. The second-order valence-corrected chi connectivity index (χ2v) is 8.29. The molecule has 0 saturated heterocycles. The molecule has 0 aromatic heterocycles. The van der Waals surface area contributed by atoms with Gasteiger partial charge in [-0.3, -0.25) is 14.5 Å². The molecule has 3 aromatic carbocycles. The zero-order valence-corrected chi connectivity index (χ0v) is 18.5. The van der Waals surface area contributed by atoms with Crippen LogP contribution in [0, 0.1) is 11.7 Å². The molecule has 2 amide bonds. The van der Waals surface area contributed by atoms with Crippen LogP contribution in [0.2, 0.25) is 0 Å². The molecular formula is C27H25FN2O3. The van der Waals surface area contributed by atoms with Gasteiger partial charge in [0.2, 0.25) is 0 Å². The first-order valence-corrected chi connectivity index (χ1v) is 10.8. The fraction of sp³-hybridized carbons (Fsp3) is 0.185. The lowest BCUT2D eigenvalue weighted by atomic mass is 10.0. The first-order chi connectivity index (χ1) is 15.9. The molecule has 1 aliphatic heterocycles. The molecule has 1 N–H and O–H groups in total. The van der Waals surface area contributed by atoms with Crippen LogP contribution in [0.5, 0.6) is 5.75 Å². The Morgan fingerprint density at radius 3 is 2.18 bits per heavy atom. The number of halogens is 1. The number of rotatable bonds is 8. The molecule has 4 rings (SSSR count). The second-order valence-electron chi connectivity index (χ2n) is 8.29. The molecule has 1 aliphatic rings. The molecule has 0 aliphatic carbocycles. The van der Waals surface area contributed by atoms with E-state index in [1.807, 2.05) is 30.3 Å². The smallest absolute Gasteiger partial charge is 0.278 e. The van der Waals surface area contributed by atoms with E-state index < -0.39 is 5.91 Å². The highest BCUT2D eigenvalue weighted by Crippen LogP contribution is 2.32. The van der Waals surface area contributed by atoms with Gasteiger partial charge in [0.1, 0.15) is 17.3 Å². The summed E-state index contributed by atoms with van der Waals surface area (Å²) >= 11 is 0. The highest BCUT2D eigenvalue weighted by Gasteiger charge is 2.39. The van der Waals surface area contributed by atoms with Gasteiger partial charge in [0.15, 0.2) is 0 Å². The second kappa shape index (κ2) is 9.69. The van der Waals surface area contributed by atoms with Crippen molar-refractivity contribution in [3.05, 3.63) is 102 Å². The van der Waals surface area contributed by atoms with Crippen LogP contribution in [0.1, 0.15) is 25.0 Å². The number of hydrogen-bond donors (Lipinski definition) is 1. The molecule has 6 heteroatoms. The summed E-state index contributed by atoms with van der Waals surface area (Å²) in [5.74, 6) is -0.114. The minimum Gasteiger partial charge on any atom is -0.493 e. The third kappa shape index (κ3) is 5.12. The van der Waals surface area contributed by atoms with Crippen LogP contribution in [0.15, 0.2) is 84.6 Å². The number of amides is 2. The number of anilines is 1. The molecule has 0 atom stereocenters. The number of ether oxygens (including phenoxy) is 1. The van der Waals surface area contributed by atoms with Crippen molar-refractivity contribution < 1.29 is 18.7 Å². The average Bonchev–Trinajstić information content (AvgIpc) is 3.04. The Hall–Kier alpha value is -3.93. The van der Waals surface area contributed by atoms with Crippen molar-refractivity contribution in [3.63, 3.8) is 0 Å². The van der Waals surface area contributed by atoms with Crippen molar-refractivity contribution in [2.75, 3.05) is 11.9 Å². The molecule has 33 heavy (non-hydrogen) atoms. The fourth-order valence-electron chi connectivity index (χ4n) is 3.53. The maximum Gasteiger partial charge on any atom is 0.278 e. The van der Waals surface area contributed by atoms with Crippen LogP contribution in [0.4, 0.5) is 10.1 Å². The zero-order chi connectivity index (χ0) is 23.4. The number of nitrogens with zero attached hydrogens (tertiary/aromatic N) is 1. The summed E-state index contributed by atoms with van der Waals surface area (Å²) in [7, 11) is 0. The first-order valence-electron chi connectivity index (χ1n) is 10.8. The number of carbonyl (C=O) groups is 2. The van der Waals surface area contributed by atoms with Crippen molar-refractivity contribution in [2.45, 2.75) is 20.4 Å². The van der Waals surface area contributed by atoms with E-state index in [0.717, 1.165) is 5.56 Å². The lowest BCUT2D eigenvalue weighted by Crippen LogP contribution is -2.31. The molecule has 3 aromatic rings. The van der Waals surface area contributed by atoms with E-state index in [-0.39, 0.29) is 29.5 Å². The summed E-state index contributed by atoms with van der Waals surface area (Å²) in [5.41, 5.74) is 2.40. The molecule has 5 nitrogen and oxygen atoms in total. The highest BCUT2D eigenvalue weighted by atomic mass is 19.1. The lowest BCUT2D eigenvalue weighted by molar-refractivity contribution is -0.137. The first kappa shape index (κ1) is 22.3. The van der Waals surface area contributed by atoms with Crippen molar-refractivity contribution in [2.24, 2.45) is 5.92 Å². The average molecular weight is 445 g/mol. The van der Waals surface area contributed by atoms with E-state index >= 15 is 0 Å². The van der Waals surface area contributed by atoms with Gasteiger partial charge in [-0.05, 0) is 53.4 Å². The minimum absolute atomic E-state index is 0.159. The summed E-state index contributed by atoms with van der Waals surface area (Å²) in [6, 6.07) is 22.1. The predicted molar refractivity (Wildman–Crippen MR) is 126 cm³/mol. The summed E-state index contributed by atoms with van der Waals surface area (Å²) in [4.78, 5) is 27.9. The predicted octanol–water partition coefficient (Wildman–Crippen LogP) is 5.25. The number of benzene rings is 3. The fourth-order valence-corrected chi connectivity index (χ4v) is 3.53.